The number of H-pyrrole nitrogens is 1. The molecule has 56 valence electrons. The van der Waals surface area contributed by atoms with Crippen molar-refractivity contribution in [1.82, 2.24) is 10.2 Å². The first-order valence-electron chi connectivity index (χ1n) is 3.26. The number of hydrogen-bond acceptors (Lipinski definition) is 2. The molecule has 0 saturated heterocycles. The summed E-state index contributed by atoms with van der Waals surface area (Å²) in [7, 11) is 0. The van der Waals surface area contributed by atoms with Crippen LogP contribution in [0.4, 0.5) is 5.69 Å². The molecule has 0 fully saturated rings. The van der Waals surface area contributed by atoms with Gasteiger partial charge in [0.1, 0.15) is 0 Å². The van der Waals surface area contributed by atoms with Crippen LogP contribution in [0.15, 0.2) is 12.8 Å². The van der Waals surface area contributed by atoms with E-state index in [1.165, 1.54) is 0 Å². The number of aromatic nitrogens is 2. The van der Waals surface area contributed by atoms with E-state index in [0.29, 0.717) is 5.69 Å². The Hall–Kier alpha value is -1.25. The fraction of sp³-hybridized carbons (Fsp3) is 0.286. The molecule has 0 saturated carbocycles. The van der Waals surface area contributed by atoms with Gasteiger partial charge in [0.15, 0.2) is 0 Å². The minimum Gasteiger partial charge on any atom is -0.396 e. The van der Waals surface area contributed by atoms with Gasteiger partial charge in [-0.3, -0.25) is 5.10 Å². The first-order valence-corrected chi connectivity index (χ1v) is 3.26. The van der Waals surface area contributed by atoms with Crippen LogP contribution in [-0.2, 0) is 0 Å². The van der Waals surface area contributed by atoms with Gasteiger partial charge < -0.3 is 5.73 Å². The molecular weight excluding hydrogens is 126 g/mol. The molecular formula is C7H13N3. The summed E-state index contributed by atoms with van der Waals surface area (Å²) >= 11 is 0. The van der Waals surface area contributed by atoms with E-state index in [4.69, 9.17) is 5.73 Å². The minimum atomic E-state index is 0.639. The van der Waals surface area contributed by atoms with Gasteiger partial charge in [0, 0.05) is 0 Å². The molecule has 0 amide bonds. The summed E-state index contributed by atoms with van der Waals surface area (Å²) in [4.78, 5) is 0. The predicted molar refractivity (Wildman–Crippen MR) is 44.4 cm³/mol. The fourth-order valence-electron chi connectivity index (χ4n) is 0.469. The van der Waals surface area contributed by atoms with E-state index in [1.54, 1.807) is 12.3 Å². The molecule has 0 aromatic carbocycles. The van der Waals surface area contributed by atoms with Crippen molar-refractivity contribution in [1.29, 1.82) is 0 Å². The summed E-state index contributed by atoms with van der Waals surface area (Å²) in [6, 6.07) is 0. The fourth-order valence-corrected chi connectivity index (χ4v) is 0.469. The first-order chi connectivity index (χ1) is 4.84. The van der Waals surface area contributed by atoms with E-state index in [9.17, 15) is 0 Å². The van der Waals surface area contributed by atoms with Gasteiger partial charge in [0.2, 0.25) is 0 Å². The van der Waals surface area contributed by atoms with Gasteiger partial charge >= 0.3 is 0 Å². The summed E-state index contributed by atoms with van der Waals surface area (Å²) in [5.41, 5.74) is 6.81. The van der Waals surface area contributed by atoms with Gasteiger partial charge in [-0.15, -0.1) is 0 Å². The zero-order chi connectivity index (χ0) is 7.98. The average molecular weight is 139 g/mol. The summed E-state index contributed by atoms with van der Waals surface area (Å²) in [6.45, 7) is 7.51. The molecule has 1 heterocycles. The molecule has 0 atom stereocenters. The Balaban J connectivity index is 0.000000371. The molecule has 0 bridgehead atoms. The third kappa shape index (κ3) is 1.93. The molecule has 0 unspecified atom stereocenters. The zero-order valence-corrected chi connectivity index (χ0v) is 6.39. The van der Waals surface area contributed by atoms with Crippen molar-refractivity contribution >= 4 is 11.8 Å². The highest BCUT2D eigenvalue weighted by Crippen LogP contribution is 2.05. The van der Waals surface area contributed by atoms with Crippen LogP contribution >= 0.6 is 0 Å². The Kier molecular flexibility index (Phi) is 4.04. The summed E-state index contributed by atoms with van der Waals surface area (Å²) in [5.74, 6) is 0. The second-order valence-electron chi connectivity index (χ2n) is 1.44. The van der Waals surface area contributed by atoms with Crippen LogP contribution in [0.3, 0.4) is 0 Å². The zero-order valence-electron chi connectivity index (χ0n) is 6.39. The van der Waals surface area contributed by atoms with Crippen molar-refractivity contribution in [3.63, 3.8) is 0 Å². The Morgan fingerprint density at radius 2 is 2.30 bits per heavy atom. The van der Waals surface area contributed by atoms with Gasteiger partial charge in [0.05, 0.1) is 17.6 Å². The van der Waals surface area contributed by atoms with E-state index in [0.717, 1.165) is 5.69 Å². The monoisotopic (exact) mass is 139 g/mol. The molecule has 1 aromatic rings. The third-order valence-electron chi connectivity index (χ3n) is 0.904. The van der Waals surface area contributed by atoms with Crippen molar-refractivity contribution in [2.24, 2.45) is 0 Å². The average Bonchev–Trinajstić information content (AvgIpc) is 2.39. The van der Waals surface area contributed by atoms with Crippen LogP contribution in [0.2, 0.25) is 0 Å². The molecule has 1 rings (SSSR count). The molecule has 3 heteroatoms. The van der Waals surface area contributed by atoms with Crippen LogP contribution in [-0.4, -0.2) is 10.2 Å². The molecule has 0 aliphatic heterocycles. The summed E-state index contributed by atoms with van der Waals surface area (Å²) in [5, 5.41) is 6.33. The van der Waals surface area contributed by atoms with Crippen LogP contribution in [0.1, 0.15) is 19.5 Å². The minimum absolute atomic E-state index is 0.639. The van der Waals surface area contributed by atoms with Crippen molar-refractivity contribution in [2.45, 2.75) is 13.8 Å². The van der Waals surface area contributed by atoms with Gasteiger partial charge in [-0.1, -0.05) is 20.4 Å². The lowest BCUT2D eigenvalue weighted by Gasteiger charge is -1.82. The largest absolute Gasteiger partial charge is 0.396 e. The quantitative estimate of drug-likeness (QED) is 0.621. The SMILES string of the molecule is C=Cc1[nH]ncc1N.CC. The van der Waals surface area contributed by atoms with Crippen molar-refractivity contribution in [3.8, 4) is 0 Å². The molecule has 10 heavy (non-hydrogen) atoms. The van der Waals surface area contributed by atoms with Gasteiger partial charge in [-0.25, -0.2) is 0 Å². The highest BCUT2D eigenvalue weighted by molar-refractivity contribution is 5.57. The van der Waals surface area contributed by atoms with E-state index in [1.807, 2.05) is 13.8 Å². The molecule has 0 aliphatic rings. The van der Waals surface area contributed by atoms with Crippen molar-refractivity contribution in [3.05, 3.63) is 18.5 Å². The maximum Gasteiger partial charge on any atom is 0.0801 e. The lowest BCUT2D eigenvalue weighted by Crippen LogP contribution is -1.82. The number of anilines is 1. The Morgan fingerprint density at radius 1 is 1.70 bits per heavy atom. The Labute approximate surface area is 60.9 Å². The molecule has 3 nitrogen and oxygen atoms in total. The number of rotatable bonds is 1. The smallest absolute Gasteiger partial charge is 0.0801 e. The third-order valence-corrected chi connectivity index (χ3v) is 0.904. The number of nitrogens with zero attached hydrogens (tertiary/aromatic N) is 1. The maximum atomic E-state index is 5.39. The number of nitrogens with two attached hydrogens (primary N) is 1. The van der Waals surface area contributed by atoms with Gasteiger partial charge in [-0.2, -0.15) is 5.10 Å². The Bertz CT molecular complexity index is 190. The van der Waals surface area contributed by atoms with E-state index in [2.05, 4.69) is 16.8 Å². The predicted octanol–water partition coefficient (Wildman–Crippen LogP) is 1.66. The van der Waals surface area contributed by atoms with Gasteiger partial charge in [0.25, 0.3) is 0 Å². The highest BCUT2D eigenvalue weighted by Gasteiger charge is 1.91. The van der Waals surface area contributed by atoms with Gasteiger partial charge in [-0.05, 0) is 6.08 Å². The molecule has 0 radical (unpaired) electrons. The van der Waals surface area contributed by atoms with Crippen LogP contribution in [0.25, 0.3) is 6.08 Å². The molecule has 3 N–H and O–H groups in total. The molecule has 1 aromatic heterocycles. The van der Waals surface area contributed by atoms with Crippen LogP contribution < -0.4 is 5.73 Å². The highest BCUT2D eigenvalue weighted by atomic mass is 15.1. The van der Waals surface area contributed by atoms with Crippen LogP contribution in [0, 0.1) is 0 Å². The first kappa shape index (κ1) is 8.75. The lowest BCUT2D eigenvalue weighted by molar-refractivity contribution is 1.08. The molecule has 0 spiro atoms. The van der Waals surface area contributed by atoms with E-state index >= 15 is 0 Å². The van der Waals surface area contributed by atoms with Crippen LogP contribution in [0.5, 0.6) is 0 Å². The number of hydrogen-bond donors (Lipinski definition) is 2. The summed E-state index contributed by atoms with van der Waals surface area (Å²) < 4.78 is 0. The number of nitrogen functional groups attached to an aromatic ring is 1. The second-order valence-corrected chi connectivity index (χ2v) is 1.44. The standard InChI is InChI=1S/C5H7N3.C2H6/c1-2-5-4(6)3-7-8-5;1-2/h2-3H,1,6H2,(H,7,8);1-2H3. The molecule has 0 aliphatic carbocycles. The Morgan fingerprint density at radius 3 is 2.50 bits per heavy atom. The summed E-state index contributed by atoms with van der Waals surface area (Å²) in [6.07, 6.45) is 3.18. The van der Waals surface area contributed by atoms with Crippen molar-refractivity contribution < 1.29 is 0 Å². The van der Waals surface area contributed by atoms with E-state index in [-0.39, 0.29) is 0 Å². The van der Waals surface area contributed by atoms with Crippen molar-refractivity contribution in [2.75, 3.05) is 5.73 Å². The number of nitrogens with one attached hydrogen (secondary N) is 1. The lowest BCUT2D eigenvalue weighted by atomic mass is 10.4. The normalized spacial score (nSPS) is 7.80. The van der Waals surface area contributed by atoms with E-state index < -0.39 is 0 Å². The topological polar surface area (TPSA) is 54.7 Å². The second kappa shape index (κ2) is 4.61. The maximum absolute atomic E-state index is 5.39. The number of aromatic amines is 1.